The molecule has 1 atom stereocenters. The lowest BCUT2D eigenvalue weighted by atomic mass is 10.2. The van der Waals surface area contributed by atoms with Crippen molar-refractivity contribution in [2.45, 2.75) is 12.5 Å². The van der Waals surface area contributed by atoms with Crippen molar-refractivity contribution in [3.63, 3.8) is 0 Å². The molecular weight excluding hydrogens is 290 g/mol. The fourth-order valence-corrected chi connectivity index (χ4v) is 2.93. The van der Waals surface area contributed by atoms with Crippen LogP contribution in [-0.4, -0.2) is 14.8 Å². The quantitative estimate of drug-likeness (QED) is 0.661. The van der Waals surface area contributed by atoms with E-state index in [2.05, 4.69) is 37.5 Å². The number of rotatable bonds is 4. The van der Waals surface area contributed by atoms with Crippen molar-refractivity contribution in [1.82, 2.24) is 20.2 Å². The highest BCUT2D eigenvalue weighted by atomic mass is 79.9. The summed E-state index contributed by atoms with van der Waals surface area (Å²) >= 11 is 5.10. The Morgan fingerprint density at radius 2 is 2.44 bits per heavy atom. The first kappa shape index (κ1) is 11.7. The monoisotopic (exact) mass is 301 g/mol. The van der Waals surface area contributed by atoms with Crippen molar-refractivity contribution in [3.05, 3.63) is 32.9 Å². The van der Waals surface area contributed by atoms with Gasteiger partial charge in [0, 0.05) is 18.3 Å². The van der Waals surface area contributed by atoms with Gasteiger partial charge < -0.3 is 0 Å². The second kappa shape index (κ2) is 5.05. The largest absolute Gasteiger partial charge is 0.271 e. The Hall–Kier alpha value is -0.760. The van der Waals surface area contributed by atoms with Crippen LogP contribution in [0.15, 0.2) is 22.2 Å². The van der Waals surface area contributed by atoms with E-state index < -0.39 is 0 Å². The van der Waals surface area contributed by atoms with Crippen LogP contribution >= 0.6 is 27.3 Å². The summed E-state index contributed by atoms with van der Waals surface area (Å²) in [4.78, 5) is 5.36. The predicted molar refractivity (Wildman–Crippen MR) is 66.8 cm³/mol. The van der Waals surface area contributed by atoms with Gasteiger partial charge in [0.2, 0.25) is 0 Å². The highest BCUT2D eigenvalue weighted by Gasteiger charge is 2.15. The number of halogens is 1. The highest BCUT2D eigenvalue weighted by molar-refractivity contribution is 9.11. The molecule has 0 fully saturated rings. The van der Waals surface area contributed by atoms with Gasteiger partial charge in [0.15, 0.2) is 0 Å². The molecular formula is C9H12BrN5S. The zero-order chi connectivity index (χ0) is 11.5. The van der Waals surface area contributed by atoms with Crippen LogP contribution in [-0.2, 0) is 13.5 Å². The average molecular weight is 302 g/mol. The molecule has 16 heavy (non-hydrogen) atoms. The van der Waals surface area contributed by atoms with Gasteiger partial charge in [-0.15, -0.1) is 11.3 Å². The van der Waals surface area contributed by atoms with Gasteiger partial charge >= 0.3 is 0 Å². The third kappa shape index (κ3) is 2.49. The number of aryl methyl sites for hydroxylation is 1. The van der Waals surface area contributed by atoms with Crippen LogP contribution in [0, 0.1) is 0 Å². The predicted octanol–water partition coefficient (Wildman–Crippen LogP) is 1.39. The molecule has 86 valence electrons. The van der Waals surface area contributed by atoms with Gasteiger partial charge in [0.05, 0.1) is 9.83 Å². The van der Waals surface area contributed by atoms with E-state index in [1.807, 2.05) is 13.1 Å². The Morgan fingerprint density at radius 1 is 1.62 bits per heavy atom. The Labute approximate surface area is 106 Å². The van der Waals surface area contributed by atoms with E-state index in [1.54, 1.807) is 22.3 Å². The van der Waals surface area contributed by atoms with Crippen LogP contribution in [0.1, 0.15) is 16.7 Å². The van der Waals surface area contributed by atoms with E-state index in [0.29, 0.717) is 0 Å². The van der Waals surface area contributed by atoms with Crippen LogP contribution < -0.4 is 11.3 Å². The fraction of sp³-hybridized carbons (Fsp3) is 0.333. The van der Waals surface area contributed by atoms with Crippen molar-refractivity contribution in [1.29, 1.82) is 0 Å². The molecule has 0 aliphatic carbocycles. The second-order valence-corrected chi connectivity index (χ2v) is 5.86. The van der Waals surface area contributed by atoms with E-state index in [-0.39, 0.29) is 6.04 Å². The first-order chi connectivity index (χ1) is 7.70. The Kier molecular flexibility index (Phi) is 3.70. The van der Waals surface area contributed by atoms with E-state index >= 15 is 0 Å². The molecule has 1 unspecified atom stereocenters. The number of hydrazine groups is 1. The Morgan fingerprint density at radius 3 is 2.94 bits per heavy atom. The molecule has 2 aromatic rings. The topological polar surface area (TPSA) is 68.8 Å². The Bertz CT molecular complexity index is 466. The smallest absolute Gasteiger partial charge is 0.138 e. The molecule has 0 amide bonds. The van der Waals surface area contributed by atoms with E-state index in [4.69, 9.17) is 5.84 Å². The van der Waals surface area contributed by atoms with Gasteiger partial charge in [-0.25, -0.2) is 4.98 Å². The maximum Gasteiger partial charge on any atom is 0.138 e. The molecule has 0 saturated heterocycles. The molecule has 0 bridgehead atoms. The van der Waals surface area contributed by atoms with Crippen molar-refractivity contribution < 1.29 is 0 Å². The number of nitrogens with one attached hydrogen (secondary N) is 1. The van der Waals surface area contributed by atoms with Crippen LogP contribution in [0.2, 0.25) is 0 Å². The standard InChI is InChI=1S/C9H12BrN5S/c1-15-9(12-5-13-15)4-6(14-11)7-2-3-8(10)16-7/h2-3,5-6,14H,4,11H2,1H3. The molecule has 2 aromatic heterocycles. The third-order valence-corrected chi connectivity index (χ3v) is 4.07. The molecule has 0 aromatic carbocycles. The molecule has 0 radical (unpaired) electrons. The summed E-state index contributed by atoms with van der Waals surface area (Å²) in [6, 6.07) is 4.13. The number of hydrogen-bond acceptors (Lipinski definition) is 5. The summed E-state index contributed by atoms with van der Waals surface area (Å²) in [6.45, 7) is 0. The molecule has 2 rings (SSSR count). The van der Waals surface area contributed by atoms with Crippen molar-refractivity contribution in [2.24, 2.45) is 12.9 Å². The van der Waals surface area contributed by atoms with E-state index in [9.17, 15) is 0 Å². The molecule has 0 aliphatic rings. The van der Waals surface area contributed by atoms with Gasteiger partial charge in [0.1, 0.15) is 12.2 Å². The number of nitrogens with zero attached hydrogens (tertiary/aromatic N) is 3. The SMILES string of the molecule is Cn1ncnc1CC(NN)c1ccc(Br)s1. The zero-order valence-corrected chi connectivity index (χ0v) is 11.1. The average Bonchev–Trinajstić information content (AvgIpc) is 2.85. The van der Waals surface area contributed by atoms with Gasteiger partial charge in [-0.05, 0) is 28.1 Å². The van der Waals surface area contributed by atoms with E-state index in [1.165, 1.54) is 4.88 Å². The molecule has 0 saturated carbocycles. The third-order valence-electron chi connectivity index (χ3n) is 2.33. The molecule has 3 N–H and O–H groups in total. The van der Waals surface area contributed by atoms with Crippen molar-refractivity contribution in [3.8, 4) is 0 Å². The van der Waals surface area contributed by atoms with Crippen LogP contribution in [0.3, 0.4) is 0 Å². The minimum atomic E-state index is 0.0687. The zero-order valence-electron chi connectivity index (χ0n) is 8.72. The summed E-state index contributed by atoms with van der Waals surface area (Å²) in [5, 5.41) is 4.03. The first-order valence-corrected chi connectivity index (χ1v) is 6.36. The fourth-order valence-electron chi connectivity index (χ4n) is 1.44. The minimum absolute atomic E-state index is 0.0687. The summed E-state index contributed by atoms with van der Waals surface area (Å²) in [6.07, 6.45) is 2.27. The maximum absolute atomic E-state index is 5.56. The molecule has 0 aliphatic heterocycles. The van der Waals surface area contributed by atoms with Gasteiger partial charge in [-0.2, -0.15) is 5.10 Å². The highest BCUT2D eigenvalue weighted by Crippen LogP contribution is 2.28. The maximum atomic E-state index is 5.56. The second-order valence-electron chi connectivity index (χ2n) is 3.37. The lowest BCUT2D eigenvalue weighted by Crippen LogP contribution is -2.29. The normalized spacial score (nSPS) is 12.9. The number of nitrogens with two attached hydrogens (primary N) is 1. The lowest BCUT2D eigenvalue weighted by molar-refractivity contribution is 0.530. The molecule has 0 spiro atoms. The minimum Gasteiger partial charge on any atom is -0.271 e. The molecule has 5 nitrogen and oxygen atoms in total. The Balaban J connectivity index is 2.15. The van der Waals surface area contributed by atoms with Crippen LogP contribution in [0.25, 0.3) is 0 Å². The number of aromatic nitrogens is 3. The van der Waals surface area contributed by atoms with Crippen molar-refractivity contribution >= 4 is 27.3 Å². The number of hydrogen-bond donors (Lipinski definition) is 2. The van der Waals surface area contributed by atoms with Gasteiger partial charge in [-0.3, -0.25) is 16.0 Å². The summed E-state index contributed by atoms with van der Waals surface area (Å²) in [5.74, 6) is 6.47. The summed E-state index contributed by atoms with van der Waals surface area (Å²) < 4.78 is 2.85. The van der Waals surface area contributed by atoms with Crippen LogP contribution in [0.4, 0.5) is 0 Å². The molecule has 2 heterocycles. The summed E-state index contributed by atoms with van der Waals surface area (Å²) in [5.41, 5.74) is 2.81. The van der Waals surface area contributed by atoms with E-state index in [0.717, 1.165) is 16.0 Å². The number of thiophene rings is 1. The van der Waals surface area contributed by atoms with Crippen LogP contribution in [0.5, 0.6) is 0 Å². The van der Waals surface area contributed by atoms with Crippen molar-refractivity contribution in [2.75, 3.05) is 0 Å². The van der Waals surface area contributed by atoms with Gasteiger partial charge in [-0.1, -0.05) is 0 Å². The van der Waals surface area contributed by atoms with Gasteiger partial charge in [0.25, 0.3) is 0 Å². The molecule has 7 heteroatoms. The summed E-state index contributed by atoms with van der Waals surface area (Å²) in [7, 11) is 1.88. The first-order valence-electron chi connectivity index (χ1n) is 4.75. The lowest BCUT2D eigenvalue weighted by Gasteiger charge is -2.13.